The van der Waals surface area contributed by atoms with Crippen molar-refractivity contribution >= 4 is 5.97 Å². The molecule has 2 aliphatic carbocycles. The van der Waals surface area contributed by atoms with Gasteiger partial charge in [-0.15, -0.1) is 0 Å². The van der Waals surface area contributed by atoms with E-state index in [4.69, 9.17) is 14.0 Å². The van der Waals surface area contributed by atoms with Gasteiger partial charge in [0.05, 0.1) is 15.1 Å². The van der Waals surface area contributed by atoms with Crippen molar-refractivity contribution < 1.29 is 18.8 Å². The van der Waals surface area contributed by atoms with Gasteiger partial charge in [-0.05, 0) is 32.1 Å². The molecular weight excluding hydrogens is 156 g/mol. The predicted molar refractivity (Wildman–Crippen MR) is 42.9 cm³/mol. The van der Waals surface area contributed by atoms with E-state index in [0.29, 0.717) is 32.1 Å². The van der Waals surface area contributed by atoms with Gasteiger partial charge in [-0.25, -0.2) is 0 Å². The van der Waals surface area contributed by atoms with Gasteiger partial charge in [-0.1, -0.05) is 0 Å². The summed E-state index contributed by atoms with van der Waals surface area (Å²) in [6, 6.07) is 0. The molecular formula is C9H14O3. The lowest BCUT2D eigenvalue weighted by atomic mass is 9.84. The first kappa shape index (κ1) is 5.22. The molecule has 0 aromatic rings. The Bertz CT molecular complexity index is 289. The maximum absolute atomic E-state index is 11.1. The Balaban J connectivity index is 2.14. The van der Waals surface area contributed by atoms with Gasteiger partial charge in [-0.3, -0.25) is 4.79 Å². The van der Waals surface area contributed by atoms with E-state index in [1.54, 1.807) is 0 Å². The Morgan fingerprint density at radius 3 is 2.58 bits per heavy atom. The number of carboxylic acid groups (broad SMARTS) is 1. The molecule has 0 aliphatic heterocycles. The number of carbonyl (C=O) groups is 1. The number of ether oxygens (including phenoxy) is 1. The minimum Gasteiger partial charge on any atom is -0.481 e. The summed E-state index contributed by atoms with van der Waals surface area (Å²) in [5.74, 6) is -0.809. The van der Waals surface area contributed by atoms with Crippen LogP contribution in [0.3, 0.4) is 0 Å². The monoisotopic (exact) mass is 173 g/mol. The Morgan fingerprint density at radius 1 is 1.50 bits per heavy atom. The van der Waals surface area contributed by atoms with Gasteiger partial charge in [0.15, 0.2) is 0 Å². The van der Waals surface area contributed by atoms with E-state index < -0.39 is 24.0 Å². The minimum atomic E-state index is -2.42. The molecule has 0 heterocycles. The van der Waals surface area contributed by atoms with E-state index in [-0.39, 0.29) is 0 Å². The van der Waals surface area contributed by atoms with E-state index in [2.05, 4.69) is 0 Å². The second kappa shape index (κ2) is 2.22. The third-order valence-electron chi connectivity index (χ3n) is 3.45. The molecule has 0 spiro atoms. The summed E-state index contributed by atoms with van der Waals surface area (Å²) in [5, 5.41) is 9.11. The van der Waals surface area contributed by atoms with Crippen LogP contribution < -0.4 is 0 Å². The van der Waals surface area contributed by atoms with Crippen LogP contribution in [-0.2, 0) is 9.53 Å². The molecule has 1 N–H and O–H groups in total. The molecule has 0 unspecified atom stereocenters. The first-order valence-corrected chi connectivity index (χ1v) is 4.21. The third kappa shape index (κ3) is 0.829. The highest BCUT2D eigenvalue weighted by atomic mass is 16.5. The fourth-order valence-electron chi connectivity index (χ4n) is 2.58. The summed E-state index contributed by atoms with van der Waals surface area (Å²) in [5.41, 5.74) is -1.42. The zero-order valence-corrected chi connectivity index (χ0v) is 6.80. The zero-order valence-electron chi connectivity index (χ0n) is 9.80. The average molecular weight is 173 g/mol. The summed E-state index contributed by atoms with van der Waals surface area (Å²) in [6.07, 6.45) is 2.54. The lowest BCUT2D eigenvalue weighted by molar-refractivity contribution is -0.148. The summed E-state index contributed by atoms with van der Waals surface area (Å²) in [6.45, 7) is 0. The molecule has 3 heteroatoms. The number of hydrogen-bond acceptors (Lipinski definition) is 2. The van der Waals surface area contributed by atoms with Gasteiger partial charge >= 0.3 is 5.97 Å². The van der Waals surface area contributed by atoms with Crippen LogP contribution >= 0.6 is 0 Å². The highest BCUT2D eigenvalue weighted by Gasteiger charge is 2.58. The number of carboxylic acids is 1. The van der Waals surface area contributed by atoms with Gasteiger partial charge in [0.2, 0.25) is 0 Å². The highest BCUT2D eigenvalue weighted by Crippen LogP contribution is 2.57. The fourth-order valence-corrected chi connectivity index (χ4v) is 2.58. The van der Waals surface area contributed by atoms with Crippen molar-refractivity contribution in [3.63, 3.8) is 0 Å². The molecule has 2 bridgehead atoms. The normalized spacial score (nSPS) is 49.8. The zero-order chi connectivity index (χ0) is 11.3. The molecule has 0 radical (unpaired) electrons. The van der Waals surface area contributed by atoms with E-state index in [0.717, 1.165) is 0 Å². The summed E-state index contributed by atoms with van der Waals surface area (Å²) < 4.78 is 26.3. The summed E-state index contributed by atoms with van der Waals surface area (Å²) >= 11 is 0. The number of methoxy groups -OCH3 is 1. The molecule has 0 saturated heterocycles. The second-order valence-corrected chi connectivity index (χ2v) is 4.05. The smallest absolute Gasteiger partial charge is 0.309 e. The van der Waals surface area contributed by atoms with E-state index in [9.17, 15) is 4.79 Å². The molecule has 68 valence electrons. The Kier molecular flexibility index (Phi) is 0.967. The van der Waals surface area contributed by atoms with Crippen LogP contribution in [0.5, 0.6) is 0 Å². The van der Waals surface area contributed by atoms with Crippen LogP contribution in [0.2, 0.25) is 0 Å². The highest BCUT2D eigenvalue weighted by molar-refractivity contribution is 5.76. The quantitative estimate of drug-likeness (QED) is 0.687. The van der Waals surface area contributed by atoms with Crippen LogP contribution in [0, 0.1) is 5.41 Å². The van der Waals surface area contributed by atoms with Crippen molar-refractivity contribution in [1.82, 2.24) is 0 Å². The number of fused-ring (bicyclic) bond motifs is 2. The van der Waals surface area contributed by atoms with Crippen LogP contribution in [0.4, 0.5) is 0 Å². The Labute approximate surface area is 75.9 Å². The molecule has 3 nitrogen and oxygen atoms in total. The van der Waals surface area contributed by atoms with E-state index >= 15 is 0 Å². The van der Waals surface area contributed by atoms with Crippen molar-refractivity contribution in [2.75, 3.05) is 7.04 Å². The molecule has 2 rings (SSSR count). The molecule has 0 amide bonds. The maximum Gasteiger partial charge on any atom is 0.309 e. The van der Waals surface area contributed by atoms with Crippen LogP contribution in [-0.4, -0.2) is 23.7 Å². The van der Waals surface area contributed by atoms with Crippen LogP contribution in [0.1, 0.15) is 36.2 Å². The molecule has 12 heavy (non-hydrogen) atoms. The molecule has 0 aromatic carbocycles. The Morgan fingerprint density at radius 2 is 2.17 bits per heavy atom. The summed E-state index contributed by atoms with van der Waals surface area (Å²) in [4.78, 5) is 11.1. The first-order chi connectivity index (χ1) is 6.77. The lowest BCUT2D eigenvalue weighted by Crippen LogP contribution is -2.25. The SMILES string of the molecule is [2H]C([2H])([2H])OC12CCC(C(=O)O)(CC1)C2. The molecule has 2 saturated carbocycles. The van der Waals surface area contributed by atoms with Gasteiger partial charge < -0.3 is 9.84 Å². The molecule has 0 aromatic heterocycles. The molecule has 0 atom stereocenters. The summed E-state index contributed by atoms with van der Waals surface area (Å²) in [7, 11) is -2.42. The van der Waals surface area contributed by atoms with Gasteiger partial charge in [0.1, 0.15) is 0 Å². The molecule has 2 fully saturated rings. The van der Waals surface area contributed by atoms with Crippen molar-refractivity contribution in [2.45, 2.75) is 37.7 Å². The van der Waals surface area contributed by atoms with Crippen molar-refractivity contribution in [3.8, 4) is 0 Å². The largest absolute Gasteiger partial charge is 0.481 e. The molecule has 2 aliphatic rings. The topological polar surface area (TPSA) is 46.5 Å². The number of rotatable bonds is 2. The first-order valence-electron chi connectivity index (χ1n) is 5.71. The van der Waals surface area contributed by atoms with Gasteiger partial charge in [0.25, 0.3) is 0 Å². The van der Waals surface area contributed by atoms with Crippen molar-refractivity contribution in [1.29, 1.82) is 0 Å². The van der Waals surface area contributed by atoms with Crippen molar-refractivity contribution in [3.05, 3.63) is 0 Å². The third-order valence-corrected chi connectivity index (χ3v) is 3.45. The van der Waals surface area contributed by atoms with E-state index in [1.807, 2.05) is 0 Å². The van der Waals surface area contributed by atoms with Gasteiger partial charge in [0, 0.05) is 7.04 Å². The maximum atomic E-state index is 11.1. The predicted octanol–water partition coefficient (Wildman–Crippen LogP) is 1.42. The lowest BCUT2D eigenvalue weighted by Gasteiger charge is -2.24. The fraction of sp³-hybridized carbons (Fsp3) is 0.889. The van der Waals surface area contributed by atoms with Crippen LogP contribution in [0.25, 0.3) is 0 Å². The van der Waals surface area contributed by atoms with Gasteiger partial charge in [-0.2, -0.15) is 0 Å². The average Bonchev–Trinajstić information content (AvgIpc) is 2.56. The minimum absolute atomic E-state index is 0.355. The number of aliphatic carboxylic acids is 1. The standard InChI is InChI=1S/C9H14O3/c1-12-9-4-2-8(6-9,3-5-9)7(10)11/h2-6H2,1H3,(H,10,11)/i1D3. The Hall–Kier alpha value is -0.570. The van der Waals surface area contributed by atoms with Crippen molar-refractivity contribution in [2.24, 2.45) is 5.41 Å². The number of hydrogen-bond donors (Lipinski definition) is 1. The second-order valence-electron chi connectivity index (χ2n) is 4.05. The van der Waals surface area contributed by atoms with E-state index in [1.165, 1.54) is 0 Å². The van der Waals surface area contributed by atoms with Crippen LogP contribution in [0.15, 0.2) is 0 Å².